The van der Waals surface area contributed by atoms with Crippen LogP contribution in [-0.4, -0.2) is 40.6 Å². The fraction of sp³-hybridized carbons (Fsp3) is 0.324. The second kappa shape index (κ2) is 14.2. The molecule has 3 aromatic carbocycles. The highest BCUT2D eigenvalue weighted by Gasteiger charge is 2.16. The number of carboxylic acids is 1. The second-order valence-corrected chi connectivity index (χ2v) is 10.8. The molecule has 0 fully saturated rings. The first kappa shape index (κ1) is 30.8. The number of aliphatic carboxylic acids is 1. The van der Waals surface area contributed by atoms with Crippen molar-refractivity contribution in [3.8, 4) is 28.3 Å². The molecule has 0 unspecified atom stereocenters. The van der Waals surface area contributed by atoms with Gasteiger partial charge in [-0.15, -0.1) is 0 Å². The van der Waals surface area contributed by atoms with Gasteiger partial charge in [0.2, 0.25) is 0 Å². The summed E-state index contributed by atoms with van der Waals surface area (Å²) in [5.41, 5.74) is 10.4. The molecular weight excluding hydrogens is 548 g/mol. The van der Waals surface area contributed by atoms with Crippen molar-refractivity contribution in [2.24, 2.45) is 0 Å². The van der Waals surface area contributed by atoms with Crippen LogP contribution in [0.15, 0.2) is 60.7 Å². The van der Waals surface area contributed by atoms with Gasteiger partial charge in [-0.05, 0) is 106 Å². The first-order valence-electron chi connectivity index (χ1n) is 14.3. The molecule has 0 atom stereocenters. The Bertz CT molecular complexity index is 1590. The van der Waals surface area contributed by atoms with Crippen LogP contribution >= 0.6 is 11.6 Å². The van der Waals surface area contributed by atoms with E-state index in [-0.39, 0.29) is 6.61 Å². The predicted octanol–water partition coefficient (Wildman–Crippen LogP) is 8.10. The van der Waals surface area contributed by atoms with Gasteiger partial charge in [-0.1, -0.05) is 35.9 Å². The fourth-order valence-corrected chi connectivity index (χ4v) is 5.53. The SMILES string of the molecule is CCn1nc(C)c(-c2ccc(C)c(-c3ccc(N(CCCCCOCC(=O)O)c4ccc(C#N)c(Cl)c4)cc3)c2)c1C. The number of unbranched alkanes of at least 4 members (excludes halogenated alkanes) is 2. The van der Waals surface area contributed by atoms with Crippen LogP contribution in [0.3, 0.4) is 0 Å². The lowest BCUT2D eigenvalue weighted by Crippen LogP contribution is -2.18. The zero-order chi connectivity index (χ0) is 30.2. The standard InChI is InChI=1S/C34H37ClN4O3/c1-5-39-25(4)34(24(3)37-39)27-10-9-23(2)31(19-27)26-11-14-29(15-12-26)38(17-7-6-8-18-42-22-33(40)41)30-16-13-28(21-36)32(35)20-30/h9-16,19-20H,5-8,17-18,22H2,1-4H3,(H,40,41). The molecule has 42 heavy (non-hydrogen) atoms. The molecule has 0 aliphatic rings. The van der Waals surface area contributed by atoms with E-state index in [0.717, 1.165) is 60.5 Å². The summed E-state index contributed by atoms with van der Waals surface area (Å²) in [7, 11) is 0. The number of rotatable bonds is 13. The number of carboxylic acid groups (broad SMARTS) is 1. The third-order valence-electron chi connectivity index (χ3n) is 7.48. The third kappa shape index (κ3) is 7.20. The lowest BCUT2D eigenvalue weighted by Gasteiger charge is -2.26. The van der Waals surface area contributed by atoms with E-state index in [1.54, 1.807) is 6.07 Å². The zero-order valence-electron chi connectivity index (χ0n) is 24.7. The summed E-state index contributed by atoms with van der Waals surface area (Å²) >= 11 is 6.41. The number of nitrogens with zero attached hydrogens (tertiary/aromatic N) is 4. The Morgan fingerprint density at radius 1 is 1.00 bits per heavy atom. The maximum atomic E-state index is 10.7. The van der Waals surface area contributed by atoms with E-state index in [1.807, 2.05) is 16.8 Å². The number of halogens is 1. The van der Waals surface area contributed by atoms with Crippen molar-refractivity contribution in [3.05, 3.63) is 88.2 Å². The molecule has 0 radical (unpaired) electrons. The number of carbonyl (C=O) groups is 1. The highest BCUT2D eigenvalue weighted by molar-refractivity contribution is 6.32. The number of aromatic nitrogens is 2. The molecular formula is C34H37ClN4O3. The molecule has 0 aliphatic heterocycles. The predicted molar refractivity (Wildman–Crippen MR) is 168 cm³/mol. The van der Waals surface area contributed by atoms with Gasteiger partial charge in [-0.25, -0.2) is 4.79 Å². The topological polar surface area (TPSA) is 91.4 Å². The Balaban J connectivity index is 1.58. The summed E-state index contributed by atoms with van der Waals surface area (Å²) in [4.78, 5) is 12.9. The molecule has 0 saturated carbocycles. The van der Waals surface area contributed by atoms with Gasteiger partial charge >= 0.3 is 5.97 Å². The van der Waals surface area contributed by atoms with E-state index in [1.165, 1.54) is 22.4 Å². The number of benzene rings is 3. The number of nitriles is 1. The van der Waals surface area contributed by atoms with E-state index in [2.05, 4.69) is 81.1 Å². The van der Waals surface area contributed by atoms with Crippen molar-refractivity contribution in [3.63, 3.8) is 0 Å². The molecule has 8 heteroatoms. The van der Waals surface area contributed by atoms with Crippen LogP contribution in [0, 0.1) is 32.1 Å². The Morgan fingerprint density at radius 2 is 1.71 bits per heavy atom. The Labute approximate surface area is 252 Å². The van der Waals surface area contributed by atoms with Gasteiger partial charge in [0.15, 0.2) is 0 Å². The van der Waals surface area contributed by atoms with Crippen molar-refractivity contribution in [1.29, 1.82) is 5.26 Å². The highest BCUT2D eigenvalue weighted by Crippen LogP contribution is 2.35. The van der Waals surface area contributed by atoms with E-state index in [4.69, 9.17) is 26.5 Å². The normalized spacial score (nSPS) is 11.0. The van der Waals surface area contributed by atoms with Crippen LogP contribution in [-0.2, 0) is 16.1 Å². The van der Waals surface area contributed by atoms with Crippen molar-refractivity contribution in [2.45, 2.75) is 53.5 Å². The first-order chi connectivity index (χ1) is 20.2. The summed E-state index contributed by atoms with van der Waals surface area (Å²) in [6.07, 6.45) is 2.54. The minimum Gasteiger partial charge on any atom is -0.480 e. The number of aryl methyl sites for hydroxylation is 3. The largest absolute Gasteiger partial charge is 0.480 e. The van der Waals surface area contributed by atoms with Gasteiger partial charge in [0.25, 0.3) is 0 Å². The number of hydrogen-bond acceptors (Lipinski definition) is 5. The minimum absolute atomic E-state index is 0.272. The van der Waals surface area contributed by atoms with E-state index < -0.39 is 5.97 Å². The summed E-state index contributed by atoms with van der Waals surface area (Å²) < 4.78 is 7.22. The number of hydrogen-bond donors (Lipinski definition) is 1. The van der Waals surface area contributed by atoms with Crippen LogP contribution in [0.25, 0.3) is 22.3 Å². The molecule has 0 amide bonds. The highest BCUT2D eigenvalue weighted by atomic mass is 35.5. The summed E-state index contributed by atoms with van der Waals surface area (Å²) in [6, 6.07) is 22.8. The van der Waals surface area contributed by atoms with Crippen molar-refractivity contribution >= 4 is 28.9 Å². The lowest BCUT2D eigenvalue weighted by molar-refractivity contribution is -0.142. The van der Waals surface area contributed by atoms with Gasteiger partial charge in [0.1, 0.15) is 12.7 Å². The quantitative estimate of drug-likeness (QED) is 0.160. The average Bonchev–Trinajstić information content (AvgIpc) is 3.27. The molecule has 0 spiro atoms. The Kier molecular flexibility index (Phi) is 10.4. The van der Waals surface area contributed by atoms with Crippen LogP contribution in [0.2, 0.25) is 5.02 Å². The maximum absolute atomic E-state index is 10.7. The van der Waals surface area contributed by atoms with Gasteiger partial charge in [0.05, 0.1) is 16.3 Å². The molecule has 7 nitrogen and oxygen atoms in total. The Hall–Kier alpha value is -4.12. The molecule has 1 aromatic heterocycles. The monoisotopic (exact) mass is 584 g/mol. The van der Waals surface area contributed by atoms with Crippen LogP contribution in [0.4, 0.5) is 11.4 Å². The van der Waals surface area contributed by atoms with Crippen LogP contribution in [0.1, 0.15) is 48.7 Å². The Morgan fingerprint density at radius 3 is 2.36 bits per heavy atom. The maximum Gasteiger partial charge on any atom is 0.329 e. The molecule has 1 N–H and O–H groups in total. The van der Waals surface area contributed by atoms with Gasteiger partial charge in [-0.2, -0.15) is 10.4 Å². The van der Waals surface area contributed by atoms with Crippen molar-refractivity contribution < 1.29 is 14.6 Å². The number of ether oxygens (including phenoxy) is 1. The summed E-state index contributed by atoms with van der Waals surface area (Å²) in [6.45, 7) is 10.1. The molecule has 218 valence electrons. The fourth-order valence-electron chi connectivity index (χ4n) is 5.31. The van der Waals surface area contributed by atoms with Gasteiger partial charge in [-0.3, -0.25) is 4.68 Å². The van der Waals surface area contributed by atoms with Crippen LogP contribution < -0.4 is 4.90 Å². The van der Waals surface area contributed by atoms with Gasteiger partial charge < -0.3 is 14.7 Å². The van der Waals surface area contributed by atoms with Crippen molar-refractivity contribution in [1.82, 2.24) is 9.78 Å². The van der Waals surface area contributed by atoms with Gasteiger partial charge in [0, 0.05) is 42.3 Å². The third-order valence-corrected chi connectivity index (χ3v) is 7.79. The lowest BCUT2D eigenvalue weighted by atomic mass is 9.94. The number of anilines is 2. The molecule has 4 aromatic rings. The van der Waals surface area contributed by atoms with E-state index in [9.17, 15) is 10.1 Å². The minimum atomic E-state index is -0.956. The summed E-state index contributed by atoms with van der Waals surface area (Å²) in [5, 5.41) is 23.2. The first-order valence-corrected chi connectivity index (χ1v) is 14.6. The molecule has 0 saturated heterocycles. The van der Waals surface area contributed by atoms with E-state index in [0.29, 0.717) is 17.2 Å². The average molecular weight is 585 g/mol. The smallest absolute Gasteiger partial charge is 0.329 e. The summed E-state index contributed by atoms with van der Waals surface area (Å²) in [5.74, 6) is -0.956. The molecule has 0 aliphatic carbocycles. The van der Waals surface area contributed by atoms with Crippen molar-refractivity contribution in [2.75, 3.05) is 24.7 Å². The zero-order valence-corrected chi connectivity index (χ0v) is 25.4. The molecule has 1 heterocycles. The van der Waals surface area contributed by atoms with E-state index >= 15 is 0 Å². The van der Waals surface area contributed by atoms with Crippen LogP contribution in [0.5, 0.6) is 0 Å². The molecule has 4 rings (SSSR count). The second-order valence-electron chi connectivity index (χ2n) is 10.4. The molecule has 0 bridgehead atoms.